The fraction of sp³-hybridized carbons (Fsp3) is 0.412. The van der Waals surface area contributed by atoms with Gasteiger partial charge in [-0.05, 0) is 49.5 Å². The molecule has 2 aliphatic rings. The Labute approximate surface area is 135 Å². The Bertz CT molecular complexity index is 636. The van der Waals surface area contributed by atoms with Crippen molar-refractivity contribution < 1.29 is 14.7 Å². The van der Waals surface area contributed by atoms with Gasteiger partial charge in [0, 0.05) is 11.8 Å². The van der Waals surface area contributed by atoms with Crippen LogP contribution in [0.3, 0.4) is 0 Å². The lowest BCUT2D eigenvalue weighted by Gasteiger charge is -2.23. The number of amides is 2. The van der Waals surface area contributed by atoms with Crippen LogP contribution >= 0.6 is 0 Å². The minimum Gasteiger partial charge on any atom is -0.395 e. The van der Waals surface area contributed by atoms with Gasteiger partial charge in [0.15, 0.2) is 0 Å². The van der Waals surface area contributed by atoms with Gasteiger partial charge in [0.05, 0.1) is 13.2 Å². The molecule has 1 aromatic carbocycles. The predicted octanol–water partition coefficient (Wildman–Crippen LogP) is 0.810. The molecule has 3 N–H and O–H groups in total. The molecule has 0 unspecified atom stereocenters. The molecule has 122 valence electrons. The van der Waals surface area contributed by atoms with E-state index in [9.17, 15) is 9.59 Å². The minimum absolute atomic E-state index is 0.0223. The summed E-state index contributed by atoms with van der Waals surface area (Å²) in [6.07, 6.45) is 3.50. The van der Waals surface area contributed by atoms with Crippen LogP contribution in [0.4, 0.5) is 5.69 Å². The first-order valence-electron chi connectivity index (χ1n) is 7.95. The Morgan fingerprint density at radius 1 is 1.26 bits per heavy atom. The van der Waals surface area contributed by atoms with Gasteiger partial charge in [-0.1, -0.05) is 12.1 Å². The van der Waals surface area contributed by atoms with Crippen LogP contribution in [0.25, 0.3) is 0 Å². The first kappa shape index (κ1) is 15.7. The van der Waals surface area contributed by atoms with Gasteiger partial charge in [-0.15, -0.1) is 0 Å². The van der Waals surface area contributed by atoms with Crippen molar-refractivity contribution in [2.45, 2.75) is 18.8 Å². The monoisotopic (exact) mass is 315 g/mol. The molecule has 3 rings (SSSR count). The zero-order valence-electron chi connectivity index (χ0n) is 12.9. The Balaban J connectivity index is 1.72. The number of anilines is 1. The van der Waals surface area contributed by atoms with E-state index < -0.39 is 5.91 Å². The van der Waals surface area contributed by atoms with Gasteiger partial charge in [-0.25, -0.2) is 0 Å². The van der Waals surface area contributed by atoms with Crippen molar-refractivity contribution in [3.63, 3.8) is 0 Å². The van der Waals surface area contributed by atoms with Crippen LogP contribution in [0.2, 0.25) is 0 Å². The Morgan fingerprint density at radius 2 is 2.04 bits per heavy atom. The normalized spacial score (nSPS) is 19.2. The number of benzene rings is 1. The maximum Gasteiger partial charge on any atom is 0.277 e. The van der Waals surface area contributed by atoms with E-state index in [0.29, 0.717) is 5.92 Å². The van der Waals surface area contributed by atoms with Gasteiger partial charge in [-0.2, -0.15) is 0 Å². The first-order valence-corrected chi connectivity index (χ1v) is 7.95. The zero-order chi connectivity index (χ0) is 16.2. The molecule has 0 aromatic heterocycles. The van der Waals surface area contributed by atoms with Crippen molar-refractivity contribution in [1.82, 2.24) is 10.2 Å². The van der Waals surface area contributed by atoms with Crippen molar-refractivity contribution in [2.24, 2.45) is 0 Å². The fourth-order valence-corrected chi connectivity index (χ4v) is 3.09. The number of carbonyl (C=O) groups is 2. The second-order valence-corrected chi connectivity index (χ2v) is 5.85. The molecule has 6 nitrogen and oxygen atoms in total. The molecule has 6 heteroatoms. The zero-order valence-corrected chi connectivity index (χ0v) is 12.9. The predicted molar refractivity (Wildman–Crippen MR) is 86.8 cm³/mol. The first-order chi connectivity index (χ1) is 11.2. The average Bonchev–Trinajstić information content (AvgIpc) is 2.84. The third kappa shape index (κ3) is 3.43. The van der Waals surface area contributed by atoms with Gasteiger partial charge in [0.25, 0.3) is 11.8 Å². The quantitative estimate of drug-likeness (QED) is 0.701. The highest BCUT2D eigenvalue weighted by Gasteiger charge is 2.30. The molecule has 2 amide bonds. The molecule has 2 heterocycles. The lowest BCUT2D eigenvalue weighted by atomic mass is 9.90. The van der Waals surface area contributed by atoms with Gasteiger partial charge >= 0.3 is 0 Å². The van der Waals surface area contributed by atoms with Crippen molar-refractivity contribution in [1.29, 1.82) is 0 Å². The third-order valence-corrected chi connectivity index (χ3v) is 4.31. The smallest absolute Gasteiger partial charge is 0.277 e. The highest BCUT2D eigenvalue weighted by Crippen LogP contribution is 2.28. The van der Waals surface area contributed by atoms with Gasteiger partial charge in [-0.3, -0.25) is 14.5 Å². The number of aliphatic hydroxyl groups excluding tert-OH is 1. The van der Waals surface area contributed by atoms with E-state index in [1.165, 1.54) is 11.6 Å². The van der Waals surface area contributed by atoms with Gasteiger partial charge in [0.2, 0.25) is 0 Å². The van der Waals surface area contributed by atoms with E-state index in [1.807, 2.05) is 18.2 Å². The second-order valence-electron chi connectivity index (χ2n) is 5.85. The number of nitrogens with one attached hydrogen (secondary N) is 2. The summed E-state index contributed by atoms with van der Waals surface area (Å²) in [6, 6.07) is 8.00. The number of rotatable bonds is 5. The summed E-state index contributed by atoms with van der Waals surface area (Å²) in [5.41, 5.74) is 2.31. The van der Waals surface area contributed by atoms with Crippen LogP contribution < -0.4 is 10.6 Å². The lowest BCUT2D eigenvalue weighted by molar-refractivity contribution is -0.137. The molecular formula is C17H21N3O3. The molecule has 0 spiro atoms. The highest BCUT2D eigenvalue weighted by molar-refractivity contribution is 6.17. The van der Waals surface area contributed by atoms with Crippen LogP contribution in [0, 0.1) is 0 Å². The van der Waals surface area contributed by atoms with Crippen LogP contribution in [0.5, 0.6) is 0 Å². The van der Waals surface area contributed by atoms with Crippen molar-refractivity contribution >= 4 is 17.5 Å². The molecule has 1 saturated heterocycles. The van der Waals surface area contributed by atoms with E-state index >= 15 is 0 Å². The topological polar surface area (TPSA) is 81.7 Å². The molecular weight excluding hydrogens is 294 g/mol. The number of β-amino-alcohol motifs (C(OH)–C–C–N with tert-alkyl or cyclic N) is 1. The van der Waals surface area contributed by atoms with E-state index in [1.54, 1.807) is 0 Å². The summed E-state index contributed by atoms with van der Waals surface area (Å²) in [5.74, 6) is -0.254. The molecule has 23 heavy (non-hydrogen) atoms. The van der Waals surface area contributed by atoms with Crippen LogP contribution in [-0.4, -0.2) is 48.1 Å². The maximum absolute atomic E-state index is 12.2. The number of hydrogen-bond donors (Lipinski definition) is 3. The maximum atomic E-state index is 12.2. The number of hydrogen-bond acceptors (Lipinski definition) is 5. The van der Waals surface area contributed by atoms with Gasteiger partial charge < -0.3 is 15.7 Å². The summed E-state index contributed by atoms with van der Waals surface area (Å²) < 4.78 is 0. The molecule has 2 aliphatic heterocycles. The van der Waals surface area contributed by atoms with Crippen LogP contribution in [0.1, 0.15) is 24.3 Å². The molecule has 0 saturated carbocycles. The molecule has 0 atom stereocenters. The van der Waals surface area contributed by atoms with E-state index in [-0.39, 0.29) is 24.8 Å². The summed E-state index contributed by atoms with van der Waals surface area (Å²) in [5, 5.41) is 15.3. The molecule has 0 aliphatic carbocycles. The number of nitrogens with zero attached hydrogens (tertiary/aromatic N) is 1. The Kier molecular flexibility index (Phi) is 4.73. The minimum atomic E-state index is -0.392. The van der Waals surface area contributed by atoms with Crippen molar-refractivity contribution in [3.05, 3.63) is 41.6 Å². The third-order valence-electron chi connectivity index (χ3n) is 4.31. The number of imide groups is 1. The lowest BCUT2D eigenvalue weighted by Crippen LogP contribution is -2.34. The molecule has 1 aromatic rings. The summed E-state index contributed by atoms with van der Waals surface area (Å²) >= 11 is 0. The van der Waals surface area contributed by atoms with Crippen LogP contribution in [0.15, 0.2) is 36.0 Å². The summed E-state index contributed by atoms with van der Waals surface area (Å²) in [6.45, 7) is 1.84. The van der Waals surface area contributed by atoms with E-state index in [4.69, 9.17) is 5.11 Å². The Hall–Kier alpha value is -2.18. The van der Waals surface area contributed by atoms with Crippen molar-refractivity contribution in [2.75, 3.05) is 31.6 Å². The summed E-state index contributed by atoms with van der Waals surface area (Å²) in [7, 11) is 0. The molecule has 0 radical (unpaired) electrons. The molecule has 0 bridgehead atoms. The van der Waals surface area contributed by atoms with E-state index in [2.05, 4.69) is 16.7 Å². The fourth-order valence-electron chi connectivity index (χ4n) is 3.09. The number of piperidine rings is 1. The largest absolute Gasteiger partial charge is 0.395 e. The molecule has 1 fully saturated rings. The average molecular weight is 315 g/mol. The SMILES string of the molecule is O=C1C=C(Nc2cccc(C3CCNCC3)c2)C(=O)N1CCO. The highest BCUT2D eigenvalue weighted by atomic mass is 16.3. The number of carbonyl (C=O) groups excluding carboxylic acids is 2. The van der Waals surface area contributed by atoms with Crippen LogP contribution in [-0.2, 0) is 9.59 Å². The van der Waals surface area contributed by atoms with E-state index in [0.717, 1.165) is 36.5 Å². The summed E-state index contributed by atoms with van der Waals surface area (Å²) in [4.78, 5) is 25.0. The standard InChI is InChI=1S/C17H21N3O3/c21-9-8-20-16(22)11-15(17(20)23)19-14-3-1-2-13(10-14)12-4-6-18-7-5-12/h1-3,10-12,18-19,21H,4-9H2. The second kappa shape index (κ2) is 6.93. The van der Waals surface area contributed by atoms with Gasteiger partial charge in [0.1, 0.15) is 5.70 Å². The Morgan fingerprint density at radius 3 is 2.78 bits per heavy atom. The van der Waals surface area contributed by atoms with Crippen molar-refractivity contribution in [3.8, 4) is 0 Å². The number of aliphatic hydroxyl groups is 1.